The summed E-state index contributed by atoms with van der Waals surface area (Å²) in [6.45, 7) is 0. The van der Waals surface area contributed by atoms with E-state index in [1.807, 2.05) is 30.3 Å². The van der Waals surface area contributed by atoms with E-state index >= 15 is 0 Å². The number of hydrogen-bond acceptors (Lipinski definition) is 5. The van der Waals surface area contributed by atoms with Gasteiger partial charge in [-0.1, -0.05) is 42.5 Å². The number of aromatic hydroxyl groups is 1. The molecule has 0 aliphatic carbocycles. The second kappa shape index (κ2) is 8.05. The summed E-state index contributed by atoms with van der Waals surface area (Å²) in [5.74, 6) is 0.440. The topological polar surface area (TPSA) is 98.3 Å². The van der Waals surface area contributed by atoms with Gasteiger partial charge >= 0.3 is 0 Å². The zero-order chi connectivity index (χ0) is 22.9. The number of fused-ring (bicyclic) bond motifs is 2. The second-order valence-electron chi connectivity index (χ2n) is 7.45. The van der Waals surface area contributed by atoms with Crippen molar-refractivity contribution in [1.29, 1.82) is 0 Å². The molecule has 0 saturated carbocycles. The smallest absolute Gasteiger partial charge is 0.269 e. The van der Waals surface area contributed by atoms with Crippen molar-refractivity contribution >= 4 is 39.5 Å². The monoisotopic (exact) mass is 435 g/mol. The summed E-state index contributed by atoms with van der Waals surface area (Å²) in [7, 11) is 0. The number of para-hydroxylation sites is 1. The number of benzene rings is 4. The van der Waals surface area contributed by atoms with E-state index in [-0.39, 0.29) is 17.0 Å². The van der Waals surface area contributed by atoms with E-state index in [0.29, 0.717) is 28.0 Å². The van der Waals surface area contributed by atoms with Crippen molar-refractivity contribution in [1.82, 2.24) is 9.55 Å². The molecule has 0 aliphatic heterocycles. The number of nitrogens with zero attached hydrogens (tertiary/aromatic N) is 3. The fourth-order valence-electron chi connectivity index (χ4n) is 3.85. The number of nitro groups is 1. The lowest BCUT2D eigenvalue weighted by atomic mass is 10.0. The van der Waals surface area contributed by atoms with Crippen molar-refractivity contribution in [2.24, 2.45) is 0 Å². The molecule has 0 saturated heterocycles. The maximum Gasteiger partial charge on any atom is 0.269 e. The zero-order valence-corrected chi connectivity index (χ0v) is 17.3. The van der Waals surface area contributed by atoms with Crippen LogP contribution in [0.5, 0.6) is 5.75 Å². The third-order valence-corrected chi connectivity index (χ3v) is 5.47. The van der Waals surface area contributed by atoms with Crippen LogP contribution in [0, 0.1) is 10.1 Å². The SMILES string of the molecule is O=c1c2ccccc2nc(C=Cc2c(O)ccc3ccccc23)n1-c1ccc([N+](=O)[O-])cc1. The van der Waals surface area contributed by atoms with Crippen LogP contribution in [0.25, 0.3) is 39.5 Å². The highest BCUT2D eigenvalue weighted by Gasteiger charge is 2.13. The molecule has 4 aromatic carbocycles. The minimum atomic E-state index is -0.491. The number of hydrogen-bond donors (Lipinski definition) is 1. The highest BCUT2D eigenvalue weighted by molar-refractivity contribution is 5.95. The average molecular weight is 435 g/mol. The van der Waals surface area contributed by atoms with Gasteiger partial charge in [-0.25, -0.2) is 4.98 Å². The first-order valence-corrected chi connectivity index (χ1v) is 10.2. The molecule has 1 N–H and O–H groups in total. The van der Waals surface area contributed by atoms with Crippen LogP contribution in [0.3, 0.4) is 0 Å². The van der Waals surface area contributed by atoms with Crippen molar-refractivity contribution in [3.63, 3.8) is 0 Å². The summed E-state index contributed by atoms with van der Waals surface area (Å²) in [5, 5.41) is 23.8. The summed E-state index contributed by atoms with van der Waals surface area (Å²) in [4.78, 5) is 28.6. The molecule has 0 atom stereocenters. The van der Waals surface area contributed by atoms with Gasteiger partial charge in [0.2, 0.25) is 0 Å². The van der Waals surface area contributed by atoms with E-state index in [2.05, 4.69) is 4.98 Å². The van der Waals surface area contributed by atoms with E-state index in [1.54, 1.807) is 42.5 Å². The van der Waals surface area contributed by atoms with Crippen LogP contribution in [0.15, 0.2) is 89.7 Å². The Morgan fingerprint density at radius 2 is 1.55 bits per heavy atom. The Bertz CT molecular complexity index is 1620. The van der Waals surface area contributed by atoms with E-state index in [1.165, 1.54) is 28.8 Å². The average Bonchev–Trinajstić information content (AvgIpc) is 2.83. The lowest BCUT2D eigenvalue weighted by molar-refractivity contribution is -0.384. The van der Waals surface area contributed by atoms with Gasteiger partial charge in [0.05, 0.1) is 21.5 Å². The van der Waals surface area contributed by atoms with Gasteiger partial charge in [-0.15, -0.1) is 0 Å². The predicted molar refractivity (Wildman–Crippen MR) is 129 cm³/mol. The zero-order valence-electron chi connectivity index (χ0n) is 17.3. The van der Waals surface area contributed by atoms with Gasteiger partial charge in [0, 0.05) is 17.7 Å². The highest BCUT2D eigenvalue weighted by atomic mass is 16.6. The molecule has 5 aromatic rings. The van der Waals surface area contributed by atoms with Crippen LogP contribution in [0.1, 0.15) is 11.4 Å². The minimum absolute atomic E-state index is 0.0710. The number of aromatic nitrogens is 2. The summed E-state index contributed by atoms with van der Waals surface area (Å²) in [6.07, 6.45) is 3.38. The van der Waals surface area contributed by atoms with Gasteiger partial charge in [-0.05, 0) is 53.3 Å². The fourth-order valence-corrected chi connectivity index (χ4v) is 3.85. The van der Waals surface area contributed by atoms with Crippen molar-refractivity contribution in [2.75, 3.05) is 0 Å². The molecule has 160 valence electrons. The van der Waals surface area contributed by atoms with E-state index in [9.17, 15) is 20.0 Å². The van der Waals surface area contributed by atoms with E-state index in [0.717, 1.165) is 10.8 Å². The van der Waals surface area contributed by atoms with Gasteiger partial charge in [0.1, 0.15) is 11.6 Å². The molecule has 0 fully saturated rings. The molecular formula is C26H17N3O4. The molecular weight excluding hydrogens is 418 g/mol. The second-order valence-corrected chi connectivity index (χ2v) is 7.45. The Balaban J connectivity index is 1.73. The molecule has 0 aliphatic rings. The molecule has 5 rings (SSSR count). The standard InChI is InChI=1S/C26H17N3O4/c30-24-15-9-17-5-1-2-6-20(17)21(24)14-16-25-27-23-8-4-3-7-22(23)26(31)28(25)18-10-12-19(13-11-18)29(32)33/h1-16,30H. The molecule has 7 heteroatoms. The summed E-state index contributed by atoms with van der Waals surface area (Å²) < 4.78 is 1.41. The van der Waals surface area contributed by atoms with Gasteiger partial charge in [-0.3, -0.25) is 19.5 Å². The number of phenols is 1. The van der Waals surface area contributed by atoms with E-state index in [4.69, 9.17) is 0 Å². The first-order chi connectivity index (χ1) is 16.0. The first-order valence-electron chi connectivity index (χ1n) is 10.2. The van der Waals surface area contributed by atoms with Crippen LogP contribution >= 0.6 is 0 Å². The molecule has 1 heterocycles. The predicted octanol–water partition coefficient (Wildman–Crippen LogP) is 5.32. The van der Waals surface area contributed by atoms with Crippen molar-refractivity contribution in [3.05, 3.63) is 117 Å². The Kier molecular flexibility index (Phi) is 4.91. The number of rotatable bonds is 4. The van der Waals surface area contributed by atoms with Gasteiger partial charge < -0.3 is 5.11 Å². The Morgan fingerprint density at radius 1 is 0.848 bits per heavy atom. The third kappa shape index (κ3) is 3.61. The van der Waals surface area contributed by atoms with Gasteiger partial charge in [-0.2, -0.15) is 0 Å². The van der Waals surface area contributed by atoms with Crippen molar-refractivity contribution < 1.29 is 10.0 Å². The van der Waals surface area contributed by atoms with Crippen LogP contribution in [0.4, 0.5) is 5.69 Å². The Labute approximate surface area is 187 Å². The van der Waals surface area contributed by atoms with Crippen LogP contribution in [0.2, 0.25) is 0 Å². The molecule has 7 nitrogen and oxygen atoms in total. The molecule has 0 unspecified atom stereocenters. The fraction of sp³-hybridized carbons (Fsp3) is 0. The van der Waals surface area contributed by atoms with Crippen LogP contribution in [-0.4, -0.2) is 19.6 Å². The summed E-state index contributed by atoms with van der Waals surface area (Å²) in [5.41, 5.74) is 1.22. The minimum Gasteiger partial charge on any atom is -0.507 e. The quantitative estimate of drug-likeness (QED) is 0.304. The number of nitro benzene ring substituents is 1. The lowest BCUT2D eigenvalue weighted by Crippen LogP contribution is -2.22. The highest BCUT2D eigenvalue weighted by Crippen LogP contribution is 2.29. The van der Waals surface area contributed by atoms with Crippen LogP contribution in [-0.2, 0) is 0 Å². The Morgan fingerprint density at radius 3 is 2.30 bits per heavy atom. The summed E-state index contributed by atoms with van der Waals surface area (Å²) in [6, 6.07) is 23.9. The number of phenolic OH excluding ortho intramolecular Hbond substituents is 1. The van der Waals surface area contributed by atoms with Crippen LogP contribution < -0.4 is 5.56 Å². The normalized spacial score (nSPS) is 11.4. The molecule has 1 aromatic heterocycles. The van der Waals surface area contributed by atoms with Crippen molar-refractivity contribution in [2.45, 2.75) is 0 Å². The molecule has 0 radical (unpaired) electrons. The molecule has 0 amide bonds. The van der Waals surface area contributed by atoms with E-state index < -0.39 is 4.92 Å². The lowest BCUT2D eigenvalue weighted by Gasteiger charge is -2.12. The maximum atomic E-state index is 13.4. The van der Waals surface area contributed by atoms with Gasteiger partial charge in [0.15, 0.2) is 0 Å². The largest absolute Gasteiger partial charge is 0.507 e. The first kappa shape index (κ1) is 20.1. The molecule has 33 heavy (non-hydrogen) atoms. The Hall–Kier alpha value is -4.78. The summed E-state index contributed by atoms with van der Waals surface area (Å²) >= 11 is 0. The maximum absolute atomic E-state index is 13.4. The number of non-ortho nitro benzene ring substituents is 1. The molecule has 0 spiro atoms. The van der Waals surface area contributed by atoms with Gasteiger partial charge in [0.25, 0.3) is 11.2 Å². The van der Waals surface area contributed by atoms with Crippen molar-refractivity contribution in [3.8, 4) is 11.4 Å². The molecule has 0 bridgehead atoms. The third-order valence-electron chi connectivity index (χ3n) is 5.47.